The molecular weight excluding hydrogens is 293 g/mol. The van der Waals surface area contributed by atoms with Crippen LogP contribution < -0.4 is 0 Å². The van der Waals surface area contributed by atoms with Gasteiger partial charge in [-0.2, -0.15) is 0 Å². The molecule has 19 heavy (non-hydrogen) atoms. The van der Waals surface area contributed by atoms with Crippen molar-refractivity contribution in [1.29, 1.82) is 0 Å². The maximum absolute atomic E-state index is 2.63. The van der Waals surface area contributed by atoms with E-state index in [4.69, 9.17) is 0 Å². The van der Waals surface area contributed by atoms with E-state index in [1.165, 1.54) is 52.1 Å². The molecule has 0 saturated heterocycles. The summed E-state index contributed by atoms with van der Waals surface area (Å²) in [6.07, 6.45) is 2.86. The Labute approximate surface area is 125 Å². The fraction of sp³-hybridized carbons (Fsp3) is 1.00. The summed E-state index contributed by atoms with van der Waals surface area (Å²) in [4.78, 5) is 5.13. The third kappa shape index (κ3) is 9.92. The fourth-order valence-corrected chi connectivity index (χ4v) is 7.97. The molecule has 0 fully saturated rings. The molecule has 0 aliphatic rings. The molecule has 0 aliphatic carbocycles. The SMILES string of the molecule is CCN(CC)CC[CH2][Ge]([CH3])([CH3])[CH2]CCN(CC)CC. The van der Waals surface area contributed by atoms with Crippen molar-refractivity contribution in [1.82, 2.24) is 9.80 Å². The molecule has 0 aliphatic heterocycles. The molecule has 116 valence electrons. The molecule has 0 heterocycles. The normalized spacial score (nSPS) is 12.6. The van der Waals surface area contributed by atoms with Gasteiger partial charge in [-0.1, -0.05) is 0 Å². The van der Waals surface area contributed by atoms with Crippen molar-refractivity contribution in [3.05, 3.63) is 0 Å². The van der Waals surface area contributed by atoms with E-state index in [1.54, 1.807) is 10.5 Å². The number of nitrogens with zero attached hydrogens (tertiary/aromatic N) is 2. The Morgan fingerprint density at radius 2 is 0.947 bits per heavy atom. The Morgan fingerprint density at radius 1 is 0.632 bits per heavy atom. The predicted molar refractivity (Wildman–Crippen MR) is 91.9 cm³/mol. The van der Waals surface area contributed by atoms with Crippen molar-refractivity contribution in [3.8, 4) is 0 Å². The second-order valence-electron chi connectivity index (χ2n) is 6.43. The van der Waals surface area contributed by atoms with E-state index in [-0.39, 0.29) is 0 Å². The van der Waals surface area contributed by atoms with E-state index in [0.29, 0.717) is 0 Å². The maximum atomic E-state index is 2.63. The Bertz CT molecular complexity index is 179. The zero-order valence-corrected chi connectivity index (χ0v) is 16.6. The van der Waals surface area contributed by atoms with Gasteiger partial charge in [-0.25, -0.2) is 0 Å². The molecule has 0 aromatic heterocycles. The van der Waals surface area contributed by atoms with Crippen LogP contribution in [-0.2, 0) is 0 Å². The number of rotatable bonds is 12. The minimum atomic E-state index is -1.45. The topological polar surface area (TPSA) is 6.48 Å². The molecule has 0 aromatic carbocycles. The van der Waals surface area contributed by atoms with Crippen molar-refractivity contribution in [2.45, 2.75) is 62.6 Å². The molecule has 0 spiro atoms. The van der Waals surface area contributed by atoms with E-state index in [1.807, 2.05) is 0 Å². The Balaban J connectivity index is 3.79. The van der Waals surface area contributed by atoms with Gasteiger partial charge in [0, 0.05) is 0 Å². The molecule has 3 heteroatoms. The number of hydrogen-bond donors (Lipinski definition) is 0. The molecule has 0 aromatic rings. The second-order valence-corrected chi connectivity index (χ2v) is 17.6. The zero-order valence-electron chi connectivity index (χ0n) is 14.5. The zero-order chi connectivity index (χ0) is 14.7. The van der Waals surface area contributed by atoms with Gasteiger partial charge in [0.15, 0.2) is 0 Å². The van der Waals surface area contributed by atoms with Gasteiger partial charge in [-0.05, 0) is 0 Å². The minimum absolute atomic E-state index is 1.21. The quantitative estimate of drug-likeness (QED) is 0.496. The van der Waals surface area contributed by atoms with Gasteiger partial charge in [0.1, 0.15) is 0 Å². The fourth-order valence-electron chi connectivity index (χ4n) is 2.77. The Morgan fingerprint density at radius 3 is 1.21 bits per heavy atom. The van der Waals surface area contributed by atoms with Crippen LogP contribution in [0.15, 0.2) is 0 Å². The molecule has 2 nitrogen and oxygen atoms in total. The first-order chi connectivity index (χ1) is 8.99. The molecule has 0 bridgehead atoms. The Kier molecular flexibility index (Phi) is 11.4. The molecule has 0 atom stereocenters. The molecule has 0 radical (unpaired) electrons. The van der Waals surface area contributed by atoms with Crippen LogP contribution in [0.4, 0.5) is 0 Å². The van der Waals surface area contributed by atoms with Gasteiger partial charge >= 0.3 is 125 Å². The van der Waals surface area contributed by atoms with Gasteiger partial charge in [0.25, 0.3) is 0 Å². The van der Waals surface area contributed by atoms with Crippen molar-refractivity contribution >= 4 is 13.3 Å². The van der Waals surface area contributed by atoms with Gasteiger partial charge in [-0.3, -0.25) is 0 Å². The van der Waals surface area contributed by atoms with Crippen LogP contribution in [-0.4, -0.2) is 62.3 Å². The van der Waals surface area contributed by atoms with Gasteiger partial charge in [0.05, 0.1) is 0 Å². The van der Waals surface area contributed by atoms with Crippen LogP contribution in [0, 0.1) is 0 Å². The van der Waals surface area contributed by atoms with E-state index in [9.17, 15) is 0 Å². The third-order valence-corrected chi connectivity index (χ3v) is 11.6. The number of hydrogen-bond acceptors (Lipinski definition) is 2. The van der Waals surface area contributed by atoms with Crippen molar-refractivity contribution < 1.29 is 0 Å². The van der Waals surface area contributed by atoms with Crippen LogP contribution in [0.3, 0.4) is 0 Å². The average molecular weight is 331 g/mol. The van der Waals surface area contributed by atoms with E-state index in [0.717, 1.165) is 0 Å². The second kappa shape index (κ2) is 11.2. The molecular formula is C16H38GeN2. The summed E-state index contributed by atoms with van der Waals surface area (Å²) in [6.45, 7) is 16.6. The van der Waals surface area contributed by atoms with Gasteiger partial charge in [-0.15, -0.1) is 0 Å². The van der Waals surface area contributed by atoms with Crippen molar-refractivity contribution in [2.75, 3.05) is 39.3 Å². The van der Waals surface area contributed by atoms with E-state index in [2.05, 4.69) is 49.0 Å². The summed E-state index contributed by atoms with van der Waals surface area (Å²) in [5.74, 6) is 5.26. The average Bonchev–Trinajstić information content (AvgIpc) is 2.39. The monoisotopic (exact) mass is 332 g/mol. The van der Waals surface area contributed by atoms with E-state index < -0.39 is 13.3 Å². The Hall–Kier alpha value is 0.463. The molecule has 0 amide bonds. The first kappa shape index (κ1) is 19.5. The van der Waals surface area contributed by atoms with E-state index >= 15 is 0 Å². The first-order valence-electron chi connectivity index (χ1n) is 8.43. The standard InChI is InChI=1S/C16H38GeN2/c1-7-18(8-2)15-11-13-17(5,6)14-12-16-19(9-3)10-4/h7-16H2,1-6H3. The van der Waals surface area contributed by atoms with Crippen molar-refractivity contribution in [2.24, 2.45) is 0 Å². The summed E-state index contributed by atoms with van der Waals surface area (Å²) < 4.78 is 0. The first-order valence-corrected chi connectivity index (χ1v) is 15.6. The van der Waals surface area contributed by atoms with Crippen LogP contribution in [0.25, 0.3) is 0 Å². The van der Waals surface area contributed by atoms with Crippen LogP contribution >= 0.6 is 0 Å². The van der Waals surface area contributed by atoms with Crippen LogP contribution in [0.5, 0.6) is 0 Å². The molecule has 0 unspecified atom stereocenters. The van der Waals surface area contributed by atoms with Crippen molar-refractivity contribution in [3.63, 3.8) is 0 Å². The molecule has 0 saturated carbocycles. The summed E-state index contributed by atoms with van der Waals surface area (Å²) in [5.41, 5.74) is 0. The summed E-state index contributed by atoms with van der Waals surface area (Å²) >= 11 is -1.45. The van der Waals surface area contributed by atoms with Gasteiger partial charge < -0.3 is 0 Å². The molecule has 0 N–H and O–H groups in total. The van der Waals surface area contributed by atoms with Crippen LogP contribution in [0.2, 0.25) is 22.0 Å². The summed E-state index contributed by atoms with van der Waals surface area (Å²) in [5, 5.41) is 3.10. The summed E-state index contributed by atoms with van der Waals surface area (Å²) in [6, 6.07) is 0. The van der Waals surface area contributed by atoms with Crippen LogP contribution in [0.1, 0.15) is 40.5 Å². The third-order valence-electron chi connectivity index (χ3n) is 4.44. The molecule has 0 rings (SSSR count). The predicted octanol–water partition coefficient (Wildman–Crippen LogP) is 4.16. The van der Waals surface area contributed by atoms with Gasteiger partial charge in [0.2, 0.25) is 0 Å². The summed E-state index contributed by atoms with van der Waals surface area (Å²) in [7, 11) is 0.